The fraction of sp³-hybridized carbons (Fsp3) is 0.348. The number of fused-ring (bicyclic) bond motifs is 2. The molecule has 2 aliphatic heterocycles. The van der Waals surface area contributed by atoms with Crippen LogP contribution in [-0.4, -0.2) is 87.4 Å². The first-order valence-corrected chi connectivity index (χ1v) is 12.2. The van der Waals surface area contributed by atoms with E-state index in [1.807, 2.05) is 11.1 Å². The van der Waals surface area contributed by atoms with Gasteiger partial charge in [0, 0.05) is 50.6 Å². The fourth-order valence-corrected chi connectivity index (χ4v) is 4.84. The Bertz CT molecular complexity index is 1270. The monoisotopic (exact) mass is 495 g/mol. The van der Waals surface area contributed by atoms with Crippen LogP contribution >= 0.6 is 11.8 Å². The maximum absolute atomic E-state index is 12.7. The van der Waals surface area contributed by atoms with Gasteiger partial charge in [-0.2, -0.15) is 0 Å². The molecule has 0 spiro atoms. The van der Waals surface area contributed by atoms with Gasteiger partial charge in [-0.25, -0.2) is 15.0 Å². The van der Waals surface area contributed by atoms with E-state index in [0.717, 1.165) is 4.90 Å². The van der Waals surface area contributed by atoms with Crippen molar-refractivity contribution in [3.8, 4) is 5.88 Å². The van der Waals surface area contributed by atoms with Crippen LogP contribution in [0, 0.1) is 0 Å². The molecule has 5 rings (SSSR count). The van der Waals surface area contributed by atoms with E-state index < -0.39 is 6.10 Å². The summed E-state index contributed by atoms with van der Waals surface area (Å²) in [6.45, 7) is 2.96. The first-order chi connectivity index (χ1) is 17.0. The molecule has 0 unspecified atom stereocenters. The minimum Gasteiger partial charge on any atom is -0.481 e. The Hall–Kier alpha value is -3.32. The predicted octanol–water partition coefficient (Wildman–Crippen LogP) is 1.07. The van der Waals surface area contributed by atoms with Crippen molar-refractivity contribution in [3.05, 3.63) is 47.8 Å². The number of piperazine rings is 1. The molecule has 35 heavy (non-hydrogen) atoms. The van der Waals surface area contributed by atoms with E-state index in [1.54, 1.807) is 37.6 Å². The number of rotatable bonds is 6. The highest BCUT2D eigenvalue weighted by atomic mass is 32.2. The third kappa shape index (κ3) is 5.20. The first kappa shape index (κ1) is 23.4. The molecule has 5 heterocycles. The number of aromatic nitrogens is 3. The summed E-state index contributed by atoms with van der Waals surface area (Å²) in [5.41, 5.74) is 5.16. The van der Waals surface area contributed by atoms with Crippen molar-refractivity contribution in [2.45, 2.75) is 11.0 Å². The number of ether oxygens (including phenoxy) is 1. The Labute approximate surface area is 205 Å². The number of amides is 2. The molecule has 0 saturated carbocycles. The Morgan fingerprint density at radius 2 is 2.03 bits per heavy atom. The van der Waals surface area contributed by atoms with Crippen LogP contribution in [0.3, 0.4) is 0 Å². The maximum atomic E-state index is 12.7. The number of anilines is 1. The number of aliphatic hydroxyl groups is 1. The molecular weight excluding hydrogens is 470 g/mol. The average molecular weight is 496 g/mol. The topological polar surface area (TPSA) is 133 Å². The van der Waals surface area contributed by atoms with Crippen molar-refractivity contribution in [2.75, 3.05) is 50.9 Å². The number of nitrogens with zero attached hydrogens (tertiary/aromatic N) is 5. The van der Waals surface area contributed by atoms with Crippen LogP contribution in [-0.2, 0) is 4.79 Å². The summed E-state index contributed by atoms with van der Waals surface area (Å²) in [7, 11) is 1.55. The number of thioether (sulfide) groups is 1. The van der Waals surface area contributed by atoms with E-state index in [9.17, 15) is 14.7 Å². The molecular formula is C23H25N7O4S. The molecule has 1 saturated heterocycles. The van der Waals surface area contributed by atoms with Gasteiger partial charge in [0.25, 0.3) is 5.91 Å². The molecule has 3 N–H and O–H groups in total. The predicted molar refractivity (Wildman–Crippen MR) is 130 cm³/mol. The largest absolute Gasteiger partial charge is 0.481 e. The van der Waals surface area contributed by atoms with E-state index in [4.69, 9.17) is 4.74 Å². The number of carbonyl (C=O) groups is 2. The smallest absolute Gasteiger partial charge is 0.284 e. The maximum Gasteiger partial charge on any atom is 0.284 e. The van der Waals surface area contributed by atoms with E-state index in [-0.39, 0.29) is 17.5 Å². The number of hydrazine groups is 1. The molecule has 3 aromatic heterocycles. The molecule has 182 valence electrons. The third-order valence-electron chi connectivity index (χ3n) is 5.93. The number of carbonyl (C=O) groups excluding carboxylic acids is 2. The number of β-amino-alcohol motifs (C(OH)–C–C–N with tert-alkyl or cyclic N) is 1. The Morgan fingerprint density at radius 3 is 2.83 bits per heavy atom. The van der Waals surface area contributed by atoms with E-state index in [2.05, 4.69) is 30.6 Å². The van der Waals surface area contributed by atoms with Crippen molar-refractivity contribution in [1.29, 1.82) is 0 Å². The average Bonchev–Trinajstić information content (AvgIpc) is 2.88. The summed E-state index contributed by atoms with van der Waals surface area (Å²) in [5.74, 6) is 0.794. The van der Waals surface area contributed by atoms with Gasteiger partial charge in [-0.1, -0.05) is 0 Å². The van der Waals surface area contributed by atoms with Crippen LogP contribution in [0.5, 0.6) is 5.88 Å². The highest BCUT2D eigenvalue weighted by Crippen LogP contribution is 2.29. The molecule has 3 aromatic rings. The fourth-order valence-electron chi connectivity index (χ4n) is 4.09. The lowest BCUT2D eigenvalue weighted by Gasteiger charge is -2.35. The van der Waals surface area contributed by atoms with Crippen molar-refractivity contribution in [1.82, 2.24) is 30.3 Å². The third-order valence-corrected chi connectivity index (χ3v) is 6.98. The van der Waals surface area contributed by atoms with Crippen LogP contribution in [0.4, 0.5) is 5.82 Å². The summed E-state index contributed by atoms with van der Waals surface area (Å²) >= 11 is 1.40. The minimum absolute atomic E-state index is 0.124. The molecule has 0 bridgehead atoms. The van der Waals surface area contributed by atoms with Crippen molar-refractivity contribution < 1.29 is 19.4 Å². The second-order valence-corrected chi connectivity index (χ2v) is 9.26. The van der Waals surface area contributed by atoms with Crippen LogP contribution in [0.2, 0.25) is 0 Å². The number of nitrogens with one attached hydrogen (secondary N) is 2. The second kappa shape index (κ2) is 10.1. The van der Waals surface area contributed by atoms with E-state index in [0.29, 0.717) is 66.8 Å². The molecule has 2 amide bonds. The Morgan fingerprint density at radius 1 is 1.20 bits per heavy atom. The molecule has 0 aliphatic carbocycles. The van der Waals surface area contributed by atoms with Gasteiger partial charge in [0.2, 0.25) is 11.8 Å². The van der Waals surface area contributed by atoms with Gasteiger partial charge < -0.3 is 15.2 Å². The second-order valence-electron chi connectivity index (χ2n) is 8.25. The zero-order valence-electron chi connectivity index (χ0n) is 19.1. The van der Waals surface area contributed by atoms with Gasteiger partial charge >= 0.3 is 0 Å². The van der Waals surface area contributed by atoms with Gasteiger partial charge in [-0.15, -0.1) is 11.8 Å². The Kier molecular flexibility index (Phi) is 6.77. The van der Waals surface area contributed by atoms with E-state index in [1.165, 1.54) is 11.8 Å². The van der Waals surface area contributed by atoms with Gasteiger partial charge in [-0.05, 0) is 24.3 Å². The van der Waals surface area contributed by atoms with Gasteiger partial charge in [0.1, 0.15) is 11.5 Å². The van der Waals surface area contributed by atoms with Crippen LogP contribution < -0.4 is 15.5 Å². The SMILES string of the molecule is COc1ccc2nccc([C@@H](O)CN3CCN(NC(=O)c4ccc5c(n4)NC(=O)CS5)CC3)c2n1. The minimum atomic E-state index is -0.742. The Balaban J connectivity index is 1.17. The molecule has 1 fully saturated rings. The zero-order valence-corrected chi connectivity index (χ0v) is 19.9. The van der Waals surface area contributed by atoms with Gasteiger partial charge in [-0.3, -0.25) is 24.9 Å². The summed E-state index contributed by atoms with van der Waals surface area (Å²) in [6.07, 6.45) is 0.926. The van der Waals surface area contributed by atoms with E-state index >= 15 is 0 Å². The quantitative estimate of drug-likeness (QED) is 0.456. The number of pyridine rings is 3. The molecule has 2 aliphatic rings. The molecule has 1 atom stereocenters. The number of methoxy groups -OCH3 is 1. The first-order valence-electron chi connectivity index (χ1n) is 11.2. The highest BCUT2D eigenvalue weighted by molar-refractivity contribution is 8.00. The molecule has 0 radical (unpaired) electrons. The summed E-state index contributed by atoms with van der Waals surface area (Å²) in [6, 6.07) is 8.81. The van der Waals surface area contributed by atoms with Crippen molar-refractivity contribution in [3.63, 3.8) is 0 Å². The molecule has 12 heteroatoms. The number of aliphatic hydroxyl groups excluding tert-OH is 1. The van der Waals surface area contributed by atoms with Crippen LogP contribution in [0.1, 0.15) is 22.2 Å². The summed E-state index contributed by atoms with van der Waals surface area (Å²) < 4.78 is 5.22. The number of hydrogen-bond donors (Lipinski definition) is 3. The molecule has 11 nitrogen and oxygen atoms in total. The standard InChI is InChI=1S/C23H25N7O4S/c1-34-20-5-3-15-21(27-20)14(6-7-24-15)17(31)12-29-8-10-30(11-9-29)28-23(33)16-2-4-18-22(25-16)26-19(32)13-35-18/h2-7,17,31H,8-13H2,1H3,(H,28,33)(H,25,26,32)/t17-/m0/s1. The van der Waals surface area contributed by atoms with Gasteiger partial charge in [0.15, 0.2) is 0 Å². The lowest BCUT2D eigenvalue weighted by Crippen LogP contribution is -2.54. The van der Waals surface area contributed by atoms with Gasteiger partial charge in [0.05, 0.1) is 34.9 Å². The zero-order chi connectivity index (χ0) is 24.4. The normalized spacial score (nSPS) is 17.5. The van der Waals surface area contributed by atoms with Crippen molar-refractivity contribution in [2.24, 2.45) is 0 Å². The van der Waals surface area contributed by atoms with Crippen LogP contribution in [0.15, 0.2) is 41.4 Å². The lowest BCUT2D eigenvalue weighted by atomic mass is 10.1. The summed E-state index contributed by atoms with van der Waals surface area (Å²) in [5, 5.41) is 15.5. The number of hydrogen-bond acceptors (Lipinski definition) is 10. The van der Waals surface area contributed by atoms with Crippen LogP contribution in [0.25, 0.3) is 11.0 Å². The lowest BCUT2D eigenvalue weighted by molar-refractivity contribution is -0.113. The highest BCUT2D eigenvalue weighted by Gasteiger charge is 2.24. The molecule has 0 aromatic carbocycles. The summed E-state index contributed by atoms with van der Waals surface area (Å²) in [4.78, 5) is 40.4. The van der Waals surface area contributed by atoms with Crippen molar-refractivity contribution >= 4 is 40.4 Å².